The first-order valence-corrected chi connectivity index (χ1v) is 7.74. The number of fused-ring (bicyclic) bond motifs is 2. The number of likely N-dealkylation sites (tertiary alicyclic amines) is 1. The number of nitrogens with zero attached hydrogens (tertiary/aromatic N) is 1. The van der Waals surface area contributed by atoms with Crippen molar-refractivity contribution < 1.29 is 0 Å². The lowest BCUT2D eigenvalue weighted by atomic mass is 9.65. The zero-order valence-electron chi connectivity index (χ0n) is 12.7. The molecule has 1 saturated carbocycles. The van der Waals surface area contributed by atoms with Gasteiger partial charge in [0.05, 0.1) is 0 Å². The van der Waals surface area contributed by atoms with Crippen molar-refractivity contribution in [2.24, 2.45) is 16.2 Å². The van der Waals surface area contributed by atoms with Crippen LogP contribution in [0.25, 0.3) is 0 Å². The lowest BCUT2D eigenvalue weighted by molar-refractivity contribution is 0.116. The van der Waals surface area contributed by atoms with Gasteiger partial charge in [-0.05, 0) is 48.5 Å². The van der Waals surface area contributed by atoms with Gasteiger partial charge in [0.15, 0.2) is 0 Å². The first-order valence-electron chi connectivity index (χ1n) is 7.74. The van der Waals surface area contributed by atoms with Crippen molar-refractivity contribution >= 4 is 0 Å². The Morgan fingerprint density at radius 3 is 2.61 bits per heavy atom. The third-order valence-corrected chi connectivity index (χ3v) is 5.57. The topological polar surface area (TPSA) is 15.3 Å². The van der Waals surface area contributed by atoms with Crippen molar-refractivity contribution in [3.63, 3.8) is 0 Å². The third kappa shape index (κ3) is 2.34. The summed E-state index contributed by atoms with van der Waals surface area (Å²) in [6.45, 7) is 15.0. The van der Waals surface area contributed by atoms with E-state index in [9.17, 15) is 0 Å². The predicted molar refractivity (Wildman–Crippen MR) is 76.7 cm³/mol. The molecule has 0 aromatic heterocycles. The van der Waals surface area contributed by atoms with Crippen LogP contribution in [0, 0.1) is 16.2 Å². The second-order valence-corrected chi connectivity index (χ2v) is 8.86. The van der Waals surface area contributed by atoms with Crippen LogP contribution in [-0.2, 0) is 0 Å². The fourth-order valence-corrected chi connectivity index (χ4v) is 5.26. The number of rotatable bonds is 2. The number of hydrogen-bond donors (Lipinski definition) is 1. The molecule has 2 heterocycles. The summed E-state index contributed by atoms with van der Waals surface area (Å²) >= 11 is 0. The molecule has 2 bridgehead atoms. The van der Waals surface area contributed by atoms with Crippen LogP contribution < -0.4 is 5.32 Å². The molecule has 0 radical (unpaired) electrons. The van der Waals surface area contributed by atoms with Gasteiger partial charge >= 0.3 is 0 Å². The minimum absolute atomic E-state index is 0.526. The predicted octanol–water partition coefficient (Wildman–Crippen LogP) is 2.89. The molecule has 1 aliphatic carbocycles. The molecule has 3 fully saturated rings. The van der Waals surface area contributed by atoms with Crippen LogP contribution in [0.2, 0.25) is 0 Å². The molecule has 2 saturated heterocycles. The average molecular weight is 250 g/mol. The highest BCUT2D eigenvalue weighted by Gasteiger charge is 2.50. The molecule has 0 spiro atoms. The van der Waals surface area contributed by atoms with Crippen molar-refractivity contribution in [2.75, 3.05) is 26.2 Å². The maximum absolute atomic E-state index is 3.55. The Bertz CT molecular complexity index is 330. The van der Waals surface area contributed by atoms with Gasteiger partial charge in [0, 0.05) is 25.7 Å². The number of nitrogens with one attached hydrogen (secondary N) is 1. The van der Waals surface area contributed by atoms with Crippen LogP contribution in [0.3, 0.4) is 0 Å². The third-order valence-electron chi connectivity index (χ3n) is 5.57. The van der Waals surface area contributed by atoms with Crippen molar-refractivity contribution in [3.8, 4) is 0 Å². The minimum Gasteiger partial charge on any atom is -0.316 e. The summed E-state index contributed by atoms with van der Waals surface area (Å²) in [5.41, 5.74) is 1.67. The summed E-state index contributed by atoms with van der Waals surface area (Å²) in [6, 6.07) is 0.858. The van der Waals surface area contributed by atoms with Crippen molar-refractivity contribution in [1.82, 2.24) is 10.2 Å². The molecule has 3 atom stereocenters. The molecular weight excluding hydrogens is 220 g/mol. The lowest BCUT2D eigenvalue weighted by Gasteiger charge is -2.40. The van der Waals surface area contributed by atoms with Gasteiger partial charge in [-0.1, -0.05) is 27.7 Å². The summed E-state index contributed by atoms with van der Waals surface area (Å²) in [5.74, 6) is 0. The van der Waals surface area contributed by atoms with Crippen LogP contribution in [0.1, 0.15) is 53.4 Å². The smallest absolute Gasteiger partial charge is 0.0106 e. The molecule has 0 aromatic carbocycles. The van der Waals surface area contributed by atoms with E-state index in [0.29, 0.717) is 16.2 Å². The van der Waals surface area contributed by atoms with Gasteiger partial charge in [0.25, 0.3) is 0 Å². The first kappa shape index (κ1) is 12.9. The fraction of sp³-hybridized carbons (Fsp3) is 1.00. The summed E-state index contributed by atoms with van der Waals surface area (Å²) in [7, 11) is 0. The van der Waals surface area contributed by atoms with E-state index >= 15 is 0 Å². The molecule has 3 aliphatic rings. The van der Waals surface area contributed by atoms with Crippen LogP contribution in [-0.4, -0.2) is 37.1 Å². The zero-order valence-corrected chi connectivity index (χ0v) is 12.7. The van der Waals surface area contributed by atoms with Gasteiger partial charge in [-0.3, -0.25) is 4.90 Å². The molecule has 1 N–H and O–H groups in total. The molecule has 2 nitrogen and oxygen atoms in total. The second-order valence-electron chi connectivity index (χ2n) is 8.86. The van der Waals surface area contributed by atoms with Crippen molar-refractivity contribution in [3.05, 3.63) is 0 Å². The van der Waals surface area contributed by atoms with Crippen molar-refractivity contribution in [1.29, 1.82) is 0 Å². The van der Waals surface area contributed by atoms with E-state index in [1.807, 2.05) is 0 Å². The molecule has 2 aliphatic heterocycles. The first-order chi connectivity index (χ1) is 8.29. The second kappa shape index (κ2) is 3.96. The Hall–Kier alpha value is -0.0800. The Labute approximate surface area is 113 Å². The van der Waals surface area contributed by atoms with Gasteiger partial charge in [0.1, 0.15) is 0 Å². The molecule has 104 valence electrons. The SMILES string of the molecule is CC1(C)CC2CC(C)(CN2CC2(C)CCNC2)C1. The quantitative estimate of drug-likeness (QED) is 0.810. The Morgan fingerprint density at radius 1 is 1.17 bits per heavy atom. The molecule has 0 amide bonds. The molecule has 0 aromatic rings. The van der Waals surface area contributed by atoms with E-state index in [2.05, 4.69) is 37.9 Å². The monoisotopic (exact) mass is 250 g/mol. The van der Waals surface area contributed by atoms with Gasteiger partial charge in [0.2, 0.25) is 0 Å². The van der Waals surface area contributed by atoms with E-state index in [-0.39, 0.29) is 0 Å². The normalized spacial score (nSPS) is 47.7. The van der Waals surface area contributed by atoms with E-state index < -0.39 is 0 Å². The number of hydrogen-bond acceptors (Lipinski definition) is 2. The highest BCUT2D eigenvalue weighted by atomic mass is 15.2. The highest BCUT2D eigenvalue weighted by molar-refractivity contribution is 5.04. The summed E-state index contributed by atoms with van der Waals surface area (Å²) < 4.78 is 0. The Morgan fingerprint density at radius 2 is 1.94 bits per heavy atom. The van der Waals surface area contributed by atoms with Crippen LogP contribution in [0.4, 0.5) is 0 Å². The largest absolute Gasteiger partial charge is 0.316 e. The molecule has 18 heavy (non-hydrogen) atoms. The Balaban J connectivity index is 1.72. The van der Waals surface area contributed by atoms with Gasteiger partial charge < -0.3 is 5.32 Å². The summed E-state index contributed by atoms with van der Waals surface area (Å²) in [5, 5.41) is 3.55. The summed E-state index contributed by atoms with van der Waals surface area (Å²) in [6.07, 6.45) is 5.63. The zero-order chi connectivity index (χ0) is 13.0. The molecular formula is C16H30N2. The van der Waals surface area contributed by atoms with E-state index in [4.69, 9.17) is 0 Å². The highest BCUT2D eigenvalue weighted by Crippen LogP contribution is 2.53. The van der Waals surface area contributed by atoms with Gasteiger partial charge in [-0.25, -0.2) is 0 Å². The average Bonchev–Trinajstić information content (AvgIpc) is 2.68. The molecule has 3 rings (SSSR count). The lowest BCUT2D eigenvalue weighted by Crippen LogP contribution is -2.41. The summed E-state index contributed by atoms with van der Waals surface area (Å²) in [4.78, 5) is 2.84. The standard InChI is InChI=1S/C16H30N2/c1-14(2)7-13-8-16(4,9-14)12-18(13)11-15(3)5-6-17-10-15/h13,17H,5-12H2,1-4H3. The Kier molecular flexibility index (Phi) is 2.84. The van der Waals surface area contributed by atoms with Crippen molar-refractivity contribution in [2.45, 2.75) is 59.4 Å². The maximum atomic E-state index is 3.55. The van der Waals surface area contributed by atoms with E-state index in [0.717, 1.165) is 6.04 Å². The minimum atomic E-state index is 0.526. The molecule has 3 unspecified atom stereocenters. The maximum Gasteiger partial charge on any atom is 0.0106 e. The van der Waals surface area contributed by atoms with E-state index in [1.54, 1.807) is 0 Å². The van der Waals surface area contributed by atoms with Crippen LogP contribution >= 0.6 is 0 Å². The van der Waals surface area contributed by atoms with Crippen LogP contribution in [0.5, 0.6) is 0 Å². The fourth-order valence-electron chi connectivity index (χ4n) is 5.26. The van der Waals surface area contributed by atoms with E-state index in [1.165, 1.54) is 51.9 Å². The molecule has 2 heteroatoms. The van der Waals surface area contributed by atoms with Gasteiger partial charge in [-0.2, -0.15) is 0 Å². The van der Waals surface area contributed by atoms with Gasteiger partial charge in [-0.15, -0.1) is 0 Å². The van der Waals surface area contributed by atoms with Crippen LogP contribution in [0.15, 0.2) is 0 Å².